The molecule has 0 bridgehead atoms. The minimum absolute atomic E-state index is 0.930. The molecule has 0 spiro atoms. The van der Waals surface area contributed by atoms with Crippen molar-refractivity contribution in [1.82, 2.24) is 0 Å². The van der Waals surface area contributed by atoms with E-state index in [1.807, 2.05) is 12.1 Å². The lowest BCUT2D eigenvalue weighted by molar-refractivity contribution is 0.377. The van der Waals surface area contributed by atoms with Crippen LogP contribution < -0.4 is 8.85 Å². The van der Waals surface area contributed by atoms with Crippen molar-refractivity contribution >= 4 is 8.56 Å². The molecule has 0 saturated heterocycles. The van der Waals surface area contributed by atoms with Gasteiger partial charge in [-0.3, -0.25) is 0 Å². The maximum atomic E-state index is 6.54. The van der Waals surface area contributed by atoms with Gasteiger partial charge < -0.3 is 8.85 Å². The number of para-hydroxylation sites is 2. The summed E-state index contributed by atoms with van der Waals surface area (Å²) in [4.78, 5) is 0. The summed E-state index contributed by atoms with van der Waals surface area (Å²) in [6, 6.07) is 18.5. The van der Waals surface area contributed by atoms with Gasteiger partial charge in [-0.25, -0.2) is 0 Å². The van der Waals surface area contributed by atoms with Crippen molar-refractivity contribution < 1.29 is 8.85 Å². The lowest BCUT2D eigenvalue weighted by atomic mass is 10.1. The molecule has 0 N–H and O–H groups in total. The van der Waals surface area contributed by atoms with E-state index < -0.39 is 8.56 Å². The fourth-order valence-electron chi connectivity index (χ4n) is 2.75. The molecule has 0 unspecified atom stereocenters. The van der Waals surface area contributed by atoms with E-state index in [-0.39, 0.29) is 0 Å². The Morgan fingerprint density at radius 2 is 1.04 bits per heavy atom. The van der Waals surface area contributed by atoms with Gasteiger partial charge in [-0.05, 0) is 36.1 Å². The smallest absolute Gasteiger partial charge is 0.459 e. The Labute approximate surface area is 141 Å². The molecule has 3 heteroatoms. The molecule has 2 aromatic carbocycles. The van der Waals surface area contributed by atoms with Crippen molar-refractivity contribution in [2.24, 2.45) is 0 Å². The van der Waals surface area contributed by atoms with Crippen LogP contribution in [0.25, 0.3) is 0 Å². The predicted octanol–water partition coefficient (Wildman–Crippen LogP) is 5.75. The molecule has 2 nitrogen and oxygen atoms in total. The van der Waals surface area contributed by atoms with Crippen molar-refractivity contribution in [2.45, 2.75) is 52.6 Å². The van der Waals surface area contributed by atoms with Gasteiger partial charge in [-0.15, -0.1) is 0 Å². The van der Waals surface area contributed by atoms with Crippen LogP contribution in [0.15, 0.2) is 48.5 Å². The largest absolute Gasteiger partial charge is 0.512 e. The second-order valence-corrected chi connectivity index (χ2v) is 9.39. The zero-order chi connectivity index (χ0) is 16.7. The Hall–Kier alpha value is -1.74. The van der Waals surface area contributed by atoms with E-state index in [2.05, 4.69) is 64.1 Å². The number of hydrogen-bond donors (Lipinski definition) is 0. The van der Waals surface area contributed by atoms with Crippen LogP contribution in [-0.4, -0.2) is 8.56 Å². The van der Waals surface area contributed by atoms with Crippen LogP contribution in [0.3, 0.4) is 0 Å². The Kier molecular flexibility index (Phi) is 6.28. The third-order valence-electron chi connectivity index (χ3n) is 4.38. The SMILES string of the molecule is CCc1ccccc1O[Si](CC)(CC)Oc1ccccc1CC. The summed E-state index contributed by atoms with van der Waals surface area (Å²) in [5.74, 6) is 1.97. The van der Waals surface area contributed by atoms with E-state index in [9.17, 15) is 0 Å². The lowest BCUT2D eigenvalue weighted by Gasteiger charge is -2.31. The first-order valence-electron chi connectivity index (χ1n) is 8.71. The van der Waals surface area contributed by atoms with Crippen LogP contribution in [-0.2, 0) is 12.8 Å². The van der Waals surface area contributed by atoms with Crippen LogP contribution in [0.1, 0.15) is 38.8 Å². The summed E-state index contributed by atoms with van der Waals surface area (Å²) in [5.41, 5.74) is 2.50. The number of hydrogen-bond acceptors (Lipinski definition) is 2. The maximum Gasteiger partial charge on any atom is 0.459 e. The second-order valence-electron chi connectivity index (χ2n) is 5.74. The predicted molar refractivity (Wildman–Crippen MR) is 99.6 cm³/mol. The summed E-state index contributed by atoms with van der Waals surface area (Å²) in [6.45, 7) is 8.69. The molecule has 2 rings (SSSR count). The van der Waals surface area contributed by atoms with Crippen molar-refractivity contribution in [3.8, 4) is 11.5 Å². The number of aryl methyl sites for hydroxylation is 2. The normalized spacial score (nSPS) is 11.3. The Bertz CT molecular complexity index is 569. The average Bonchev–Trinajstić information content (AvgIpc) is 2.62. The summed E-state index contributed by atoms with van der Waals surface area (Å²) in [5, 5.41) is 0. The van der Waals surface area contributed by atoms with Crippen LogP contribution >= 0.6 is 0 Å². The maximum absolute atomic E-state index is 6.54. The Balaban J connectivity index is 2.32. The minimum Gasteiger partial charge on any atom is -0.512 e. The van der Waals surface area contributed by atoms with Crippen molar-refractivity contribution in [3.05, 3.63) is 59.7 Å². The highest BCUT2D eigenvalue weighted by atomic mass is 28.4. The van der Waals surface area contributed by atoms with E-state index in [0.29, 0.717) is 0 Å². The fraction of sp³-hybridized carbons (Fsp3) is 0.400. The van der Waals surface area contributed by atoms with Crippen LogP contribution in [0, 0.1) is 0 Å². The average molecular weight is 329 g/mol. The van der Waals surface area contributed by atoms with Gasteiger partial charge in [-0.1, -0.05) is 64.1 Å². The molecule has 0 radical (unpaired) electrons. The highest BCUT2D eigenvalue weighted by molar-refractivity contribution is 6.68. The van der Waals surface area contributed by atoms with Crippen molar-refractivity contribution in [2.75, 3.05) is 0 Å². The summed E-state index contributed by atoms with van der Waals surface area (Å²) >= 11 is 0. The molecule has 2 aromatic rings. The molecule has 0 saturated carbocycles. The van der Waals surface area contributed by atoms with Gasteiger partial charge >= 0.3 is 8.56 Å². The molecule has 0 aliphatic heterocycles. The third-order valence-corrected chi connectivity index (χ3v) is 7.71. The van der Waals surface area contributed by atoms with E-state index in [4.69, 9.17) is 8.85 Å². The molecule has 23 heavy (non-hydrogen) atoms. The lowest BCUT2D eigenvalue weighted by Crippen LogP contribution is -2.47. The first-order chi connectivity index (χ1) is 11.2. The van der Waals surface area contributed by atoms with E-state index >= 15 is 0 Å². The zero-order valence-electron chi connectivity index (χ0n) is 14.8. The summed E-state index contributed by atoms with van der Waals surface area (Å²) < 4.78 is 13.1. The number of benzene rings is 2. The summed E-state index contributed by atoms with van der Waals surface area (Å²) in [6.07, 6.45) is 1.94. The molecule has 0 fully saturated rings. The second kappa shape index (κ2) is 8.21. The quantitative estimate of drug-likeness (QED) is 0.574. The molecule has 0 heterocycles. The van der Waals surface area contributed by atoms with Gasteiger partial charge in [0.1, 0.15) is 11.5 Å². The van der Waals surface area contributed by atoms with Gasteiger partial charge in [0.05, 0.1) is 0 Å². The molecule has 0 aliphatic rings. The molecule has 0 aliphatic carbocycles. The highest BCUT2D eigenvalue weighted by Crippen LogP contribution is 2.30. The van der Waals surface area contributed by atoms with Gasteiger partial charge in [0.15, 0.2) is 0 Å². The monoisotopic (exact) mass is 328 g/mol. The number of rotatable bonds is 8. The van der Waals surface area contributed by atoms with Crippen molar-refractivity contribution in [3.63, 3.8) is 0 Å². The standard InChI is InChI=1S/C20H28O2Si/c1-5-17-13-9-11-15-19(17)21-23(7-3,8-4)22-20-16-12-10-14-18(20)6-2/h9-16H,5-8H2,1-4H3. The highest BCUT2D eigenvalue weighted by Gasteiger charge is 2.39. The molecular formula is C20H28O2Si. The van der Waals surface area contributed by atoms with E-state index in [0.717, 1.165) is 36.4 Å². The molecule has 0 atom stereocenters. The van der Waals surface area contributed by atoms with Gasteiger partial charge in [0.2, 0.25) is 0 Å². The fourth-order valence-corrected chi connectivity index (χ4v) is 5.07. The summed E-state index contributed by atoms with van der Waals surface area (Å²) in [7, 11) is -2.32. The first kappa shape index (κ1) is 17.6. The zero-order valence-corrected chi connectivity index (χ0v) is 15.8. The molecule has 0 amide bonds. The van der Waals surface area contributed by atoms with Crippen molar-refractivity contribution in [1.29, 1.82) is 0 Å². The minimum atomic E-state index is -2.32. The van der Waals surface area contributed by atoms with Gasteiger partial charge in [0.25, 0.3) is 0 Å². The van der Waals surface area contributed by atoms with Gasteiger partial charge in [0, 0.05) is 12.1 Å². The van der Waals surface area contributed by atoms with Crippen LogP contribution in [0.2, 0.25) is 12.1 Å². The topological polar surface area (TPSA) is 18.5 Å². The van der Waals surface area contributed by atoms with Crippen LogP contribution in [0.4, 0.5) is 0 Å². The van der Waals surface area contributed by atoms with E-state index in [1.165, 1.54) is 11.1 Å². The van der Waals surface area contributed by atoms with Gasteiger partial charge in [-0.2, -0.15) is 0 Å². The molecule has 124 valence electrons. The third kappa shape index (κ3) is 4.17. The Morgan fingerprint density at radius 1 is 0.652 bits per heavy atom. The Morgan fingerprint density at radius 3 is 1.39 bits per heavy atom. The molecular weight excluding hydrogens is 300 g/mol. The first-order valence-corrected chi connectivity index (χ1v) is 10.9. The van der Waals surface area contributed by atoms with E-state index in [1.54, 1.807) is 0 Å². The molecule has 0 aromatic heterocycles. The van der Waals surface area contributed by atoms with Crippen LogP contribution in [0.5, 0.6) is 11.5 Å².